The highest BCUT2D eigenvalue weighted by Crippen LogP contribution is 2.39. The molecule has 2 rings (SSSR count). The molecule has 1 aromatic rings. The van der Waals surface area contributed by atoms with Crippen LogP contribution >= 0.6 is 11.3 Å². The number of aromatic nitrogens is 1. The Hall–Kier alpha value is -0.410. The Morgan fingerprint density at radius 3 is 2.86 bits per heavy atom. The highest BCUT2D eigenvalue weighted by molar-refractivity contribution is 7.11. The van der Waals surface area contributed by atoms with Gasteiger partial charge in [0, 0.05) is 23.0 Å². The maximum Gasteiger partial charge on any atom is 0.0959 e. The van der Waals surface area contributed by atoms with E-state index in [9.17, 15) is 0 Å². The lowest BCUT2D eigenvalue weighted by Crippen LogP contribution is -2.01. The van der Waals surface area contributed by atoms with E-state index in [1.165, 1.54) is 29.1 Å². The zero-order valence-corrected chi connectivity index (χ0v) is 9.68. The molecule has 0 radical (unpaired) electrons. The van der Waals surface area contributed by atoms with Crippen molar-refractivity contribution in [2.75, 3.05) is 0 Å². The highest BCUT2D eigenvalue weighted by atomic mass is 32.1. The largest absolute Gasteiger partial charge is 0.323 e. The van der Waals surface area contributed by atoms with E-state index in [4.69, 9.17) is 5.73 Å². The van der Waals surface area contributed by atoms with Gasteiger partial charge in [-0.3, -0.25) is 0 Å². The van der Waals surface area contributed by atoms with Gasteiger partial charge in [-0.05, 0) is 25.7 Å². The molecule has 14 heavy (non-hydrogen) atoms. The van der Waals surface area contributed by atoms with E-state index in [2.05, 4.69) is 11.9 Å². The Kier molecular flexibility index (Phi) is 2.88. The lowest BCUT2D eigenvalue weighted by molar-refractivity contribution is 0.595. The van der Waals surface area contributed by atoms with Crippen molar-refractivity contribution in [3.63, 3.8) is 0 Å². The minimum absolute atomic E-state index is 0.139. The molecule has 3 heteroatoms. The van der Waals surface area contributed by atoms with E-state index in [1.54, 1.807) is 11.3 Å². The molecular formula is C11H18N2S. The number of hydrogen-bond donors (Lipinski definition) is 1. The van der Waals surface area contributed by atoms with Crippen molar-refractivity contribution in [2.45, 2.75) is 45.1 Å². The minimum atomic E-state index is 0.139. The Morgan fingerprint density at radius 1 is 1.57 bits per heavy atom. The van der Waals surface area contributed by atoms with E-state index in [0.29, 0.717) is 5.92 Å². The van der Waals surface area contributed by atoms with Gasteiger partial charge >= 0.3 is 0 Å². The Bertz CT molecular complexity index is 306. The first-order valence-electron chi connectivity index (χ1n) is 5.38. The first-order valence-corrected chi connectivity index (χ1v) is 6.19. The summed E-state index contributed by atoms with van der Waals surface area (Å²) in [4.78, 5) is 5.71. The second kappa shape index (κ2) is 3.99. The number of nitrogens with zero attached hydrogens (tertiary/aromatic N) is 1. The Balaban J connectivity index is 2.09. The van der Waals surface area contributed by atoms with Gasteiger partial charge in [0.15, 0.2) is 0 Å². The predicted octanol–water partition coefficient (Wildman–Crippen LogP) is 3.07. The molecule has 1 heterocycles. The van der Waals surface area contributed by atoms with Crippen LogP contribution in [0.3, 0.4) is 0 Å². The SMILES string of the molecule is CC1CCC(c2ncc(C(C)N)s2)C1. The Morgan fingerprint density at radius 2 is 2.36 bits per heavy atom. The molecule has 1 aromatic heterocycles. The molecule has 78 valence electrons. The third-order valence-corrected chi connectivity index (χ3v) is 4.40. The van der Waals surface area contributed by atoms with Gasteiger partial charge in [0.1, 0.15) is 0 Å². The van der Waals surface area contributed by atoms with Crippen LogP contribution in [-0.4, -0.2) is 4.98 Å². The summed E-state index contributed by atoms with van der Waals surface area (Å²) in [7, 11) is 0. The summed E-state index contributed by atoms with van der Waals surface area (Å²) in [6.45, 7) is 4.36. The van der Waals surface area contributed by atoms with Gasteiger partial charge in [0.05, 0.1) is 5.01 Å². The van der Waals surface area contributed by atoms with Gasteiger partial charge < -0.3 is 5.73 Å². The highest BCUT2D eigenvalue weighted by Gasteiger charge is 2.25. The molecule has 1 fully saturated rings. The molecule has 3 atom stereocenters. The maximum atomic E-state index is 5.82. The number of thiazole rings is 1. The van der Waals surface area contributed by atoms with Crippen LogP contribution < -0.4 is 5.73 Å². The van der Waals surface area contributed by atoms with Crippen molar-refractivity contribution in [3.8, 4) is 0 Å². The number of hydrogen-bond acceptors (Lipinski definition) is 3. The molecule has 0 amide bonds. The van der Waals surface area contributed by atoms with Crippen molar-refractivity contribution in [1.29, 1.82) is 0 Å². The lowest BCUT2D eigenvalue weighted by Gasteiger charge is -2.04. The number of rotatable bonds is 2. The topological polar surface area (TPSA) is 38.9 Å². The first kappa shape index (κ1) is 10.1. The summed E-state index contributed by atoms with van der Waals surface area (Å²) in [6.07, 6.45) is 5.93. The average molecular weight is 210 g/mol. The van der Waals surface area contributed by atoms with Crippen LogP contribution in [0, 0.1) is 5.92 Å². The van der Waals surface area contributed by atoms with E-state index in [-0.39, 0.29) is 6.04 Å². The van der Waals surface area contributed by atoms with Crippen molar-refractivity contribution in [3.05, 3.63) is 16.1 Å². The van der Waals surface area contributed by atoms with Gasteiger partial charge in [-0.1, -0.05) is 13.3 Å². The molecule has 2 N–H and O–H groups in total. The molecule has 0 bridgehead atoms. The average Bonchev–Trinajstić information content (AvgIpc) is 2.70. The summed E-state index contributed by atoms with van der Waals surface area (Å²) in [5.74, 6) is 1.59. The van der Waals surface area contributed by atoms with Crippen molar-refractivity contribution >= 4 is 11.3 Å². The smallest absolute Gasteiger partial charge is 0.0959 e. The fourth-order valence-corrected chi connectivity index (χ4v) is 3.15. The monoisotopic (exact) mass is 210 g/mol. The molecule has 0 aromatic carbocycles. The maximum absolute atomic E-state index is 5.82. The van der Waals surface area contributed by atoms with E-state index in [1.807, 2.05) is 13.1 Å². The fourth-order valence-electron chi connectivity index (χ4n) is 2.13. The molecule has 1 saturated carbocycles. The molecule has 1 aliphatic carbocycles. The van der Waals surface area contributed by atoms with Crippen LogP contribution in [0.2, 0.25) is 0 Å². The van der Waals surface area contributed by atoms with Crippen LogP contribution in [0.5, 0.6) is 0 Å². The molecule has 3 unspecified atom stereocenters. The molecule has 2 nitrogen and oxygen atoms in total. The van der Waals surface area contributed by atoms with Gasteiger partial charge in [-0.2, -0.15) is 0 Å². The minimum Gasteiger partial charge on any atom is -0.323 e. The molecule has 0 aliphatic heterocycles. The number of nitrogens with two attached hydrogens (primary N) is 1. The van der Waals surface area contributed by atoms with Gasteiger partial charge in [-0.15, -0.1) is 11.3 Å². The second-order valence-corrected chi connectivity index (χ2v) is 5.60. The molecule has 0 saturated heterocycles. The summed E-state index contributed by atoms with van der Waals surface area (Å²) in [5, 5.41) is 1.31. The third-order valence-electron chi connectivity index (χ3n) is 3.03. The Labute approximate surface area is 89.5 Å². The quantitative estimate of drug-likeness (QED) is 0.814. The fraction of sp³-hybridized carbons (Fsp3) is 0.727. The summed E-state index contributed by atoms with van der Waals surface area (Å²) < 4.78 is 0. The van der Waals surface area contributed by atoms with Crippen molar-refractivity contribution < 1.29 is 0 Å². The zero-order chi connectivity index (χ0) is 10.1. The van der Waals surface area contributed by atoms with Crippen LogP contribution in [0.4, 0.5) is 0 Å². The van der Waals surface area contributed by atoms with Gasteiger partial charge in [-0.25, -0.2) is 4.98 Å². The van der Waals surface area contributed by atoms with E-state index in [0.717, 1.165) is 5.92 Å². The van der Waals surface area contributed by atoms with Gasteiger partial charge in [0.2, 0.25) is 0 Å². The zero-order valence-electron chi connectivity index (χ0n) is 8.86. The molecule has 1 aliphatic rings. The standard InChI is InChI=1S/C11H18N2S/c1-7-3-4-9(5-7)11-13-6-10(14-11)8(2)12/h6-9H,3-5,12H2,1-2H3. The third kappa shape index (κ3) is 1.98. The van der Waals surface area contributed by atoms with Crippen LogP contribution in [0.1, 0.15) is 55.0 Å². The van der Waals surface area contributed by atoms with Crippen molar-refractivity contribution in [1.82, 2.24) is 4.98 Å². The lowest BCUT2D eigenvalue weighted by atomic mass is 10.1. The van der Waals surface area contributed by atoms with Crippen molar-refractivity contribution in [2.24, 2.45) is 11.7 Å². The van der Waals surface area contributed by atoms with Crippen LogP contribution in [-0.2, 0) is 0 Å². The first-order chi connectivity index (χ1) is 6.66. The van der Waals surface area contributed by atoms with Crippen LogP contribution in [0.15, 0.2) is 6.20 Å². The second-order valence-electron chi connectivity index (χ2n) is 4.50. The molecular weight excluding hydrogens is 192 g/mol. The predicted molar refractivity (Wildman–Crippen MR) is 60.5 cm³/mol. The van der Waals surface area contributed by atoms with Gasteiger partial charge in [0.25, 0.3) is 0 Å². The summed E-state index contributed by atoms with van der Waals surface area (Å²) in [5.41, 5.74) is 5.82. The van der Waals surface area contributed by atoms with E-state index < -0.39 is 0 Å². The van der Waals surface area contributed by atoms with E-state index >= 15 is 0 Å². The summed E-state index contributed by atoms with van der Waals surface area (Å²) >= 11 is 1.80. The summed E-state index contributed by atoms with van der Waals surface area (Å²) in [6, 6.07) is 0.139. The van der Waals surface area contributed by atoms with Crippen LogP contribution in [0.25, 0.3) is 0 Å². The molecule has 0 spiro atoms. The normalized spacial score (nSPS) is 29.4.